The summed E-state index contributed by atoms with van der Waals surface area (Å²) in [4.78, 5) is 6.55. The molecule has 5 nitrogen and oxygen atoms in total. The Kier molecular flexibility index (Phi) is 5.42. The quantitative estimate of drug-likeness (QED) is 0.777. The van der Waals surface area contributed by atoms with E-state index in [1.807, 2.05) is 6.20 Å². The van der Waals surface area contributed by atoms with Crippen LogP contribution in [0, 0.1) is 23.1 Å². The largest absolute Gasteiger partial charge is 0.299 e. The molecule has 7 heteroatoms. The first-order valence-corrected chi connectivity index (χ1v) is 10.0. The fourth-order valence-corrected chi connectivity index (χ4v) is 4.34. The van der Waals surface area contributed by atoms with E-state index < -0.39 is 5.82 Å². The number of hydrogen-bond acceptors (Lipinski definition) is 4. The smallest absolute Gasteiger partial charge is 0.160 e. The van der Waals surface area contributed by atoms with Crippen molar-refractivity contribution in [2.75, 3.05) is 13.1 Å². The Morgan fingerprint density at radius 2 is 1.96 bits per heavy atom. The zero-order valence-corrected chi connectivity index (χ0v) is 16.0. The van der Waals surface area contributed by atoms with E-state index in [-0.39, 0.29) is 10.9 Å². The number of pyridine rings is 1. The van der Waals surface area contributed by atoms with Gasteiger partial charge in [0, 0.05) is 36.2 Å². The minimum absolute atomic E-state index is 0.0537. The highest BCUT2D eigenvalue weighted by Gasteiger charge is 2.26. The predicted octanol–water partition coefficient (Wildman–Crippen LogP) is 4.45. The van der Waals surface area contributed by atoms with Crippen LogP contribution in [0.2, 0.25) is 5.02 Å². The van der Waals surface area contributed by atoms with E-state index >= 15 is 0 Å². The second-order valence-electron chi connectivity index (χ2n) is 7.60. The topological polar surface area (TPSA) is 57.7 Å². The fourth-order valence-electron chi connectivity index (χ4n) is 4.20. The Balaban J connectivity index is 1.60. The van der Waals surface area contributed by atoms with E-state index in [0.717, 1.165) is 57.2 Å². The molecule has 3 heterocycles. The van der Waals surface area contributed by atoms with Crippen molar-refractivity contribution in [1.29, 1.82) is 5.26 Å². The number of rotatable bonds is 4. The number of likely N-dealkylation sites (tertiary alicyclic amines) is 1. The van der Waals surface area contributed by atoms with Crippen molar-refractivity contribution in [2.24, 2.45) is 5.92 Å². The normalized spacial score (nSPS) is 19.4. The molecule has 142 valence electrons. The van der Waals surface area contributed by atoms with E-state index in [9.17, 15) is 4.39 Å². The Morgan fingerprint density at radius 1 is 1.22 bits per heavy atom. The molecule has 0 radical (unpaired) electrons. The summed E-state index contributed by atoms with van der Waals surface area (Å²) in [6, 6.07) is 3.90. The first-order valence-electron chi connectivity index (χ1n) is 9.66. The van der Waals surface area contributed by atoms with Gasteiger partial charge in [0.25, 0.3) is 0 Å². The standard InChI is InChI=1S/C20H23ClFN5/c21-17-9-19(24-11-18(17)22)27-13-16(20(25-27)15-3-1-2-4-15)12-26-7-5-14(10-23)6-8-26/h9,11,13-15H,1-8,12H2. The van der Waals surface area contributed by atoms with Crippen LogP contribution in [0.3, 0.4) is 0 Å². The van der Waals surface area contributed by atoms with Crippen LogP contribution >= 0.6 is 11.6 Å². The van der Waals surface area contributed by atoms with E-state index in [0.29, 0.717) is 11.7 Å². The third-order valence-corrected chi connectivity index (χ3v) is 6.05. The summed E-state index contributed by atoms with van der Waals surface area (Å²) in [7, 11) is 0. The summed E-state index contributed by atoms with van der Waals surface area (Å²) >= 11 is 5.93. The molecular weight excluding hydrogens is 365 g/mol. The predicted molar refractivity (Wildman–Crippen MR) is 101 cm³/mol. The lowest BCUT2D eigenvalue weighted by Crippen LogP contribution is -2.33. The molecule has 0 amide bonds. The van der Waals surface area contributed by atoms with Gasteiger partial charge >= 0.3 is 0 Å². The molecule has 2 fully saturated rings. The Bertz CT molecular complexity index is 845. The van der Waals surface area contributed by atoms with Gasteiger partial charge in [0.2, 0.25) is 0 Å². The van der Waals surface area contributed by atoms with Crippen LogP contribution in [-0.4, -0.2) is 32.8 Å². The summed E-state index contributed by atoms with van der Waals surface area (Å²) in [6.07, 6.45) is 9.82. The molecule has 0 N–H and O–H groups in total. The first kappa shape index (κ1) is 18.4. The maximum atomic E-state index is 13.5. The van der Waals surface area contributed by atoms with Gasteiger partial charge in [-0.25, -0.2) is 14.1 Å². The lowest BCUT2D eigenvalue weighted by atomic mass is 9.97. The zero-order chi connectivity index (χ0) is 18.8. The second-order valence-corrected chi connectivity index (χ2v) is 8.01. The molecule has 1 aliphatic heterocycles. The lowest BCUT2D eigenvalue weighted by molar-refractivity contribution is 0.197. The number of hydrogen-bond donors (Lipinski definition) is 0. The summed E-state index contributed by atoms with van der Waals surface area (Å²) in [6.45, 7) is 2.71. The summed E-state index contributed by atoms with van der Waals surface area (Å²) < 4.78 is 15.2. The SMILES string of the molecule is N#CC1CCN(Cc2cn(-c3cc(Cl)c(F)cn3)nc2C2CCCC2)CC1. The number of aromatic nitrogens is 3. The summed E-state index contributed by atoms with van der Waals surface area (Å²) in [5, 5.41) is 14.0. The van der Waals surface area contributed by atoms with Crippen LogP contribution in [0.25, 0.3) is 5.82 Å². The van der Waals surface area contributed by atoms with Crippen LogP contribution in [0.15, 0.2) is 18.5 Å². The van der Waals surface area contributed by atoms with Crippen molar-refractivity contribution in [3.05, 3.63) is 40.6 Å². The first-order chi connectivity index (χ1) is 13.1. The van der Waals surface area contributed by atoms with E-state index in [4.69, 9.17) is 22.0 Å². The number of nitrogens with zero attached hydrogens (tertiary/aromatic N) is 5. The molecule has 2 aliphatic rings. The molecule has 1 saturated carbocycles. The highest BCUT2D eigenvalue weighted by atomic mass is 35.5. The Morgan fingerprint density at radius 3 is 2.63 bits per heavy atom. The van der Waals surface area contributed by atoms with Gasteiger partial charge in [0.05, 0.1) is 23.0 Å². The molecule has 1 saturated heterocycles. The van der Waals surface area contributed by atoms with Crippen LogP contribution in [0.4, 0.5) is 4.39 Å². The molecule has 0 spiro atoms. The van der Waals surface area contributed by atoms with E-state index in [1.54, 1.807) is 4.68 Å². The van der Waals surface area contributed by atoms with Crippen molar-refractivity contribution in [1.82, 2.24) is 19.7 Å². The van der Waals surface area contributed by atoms with Crippen molar-refractivity contribution in [2.45, 2.75) is 51.0 Å². The minimum Gasteiger partial charge on any atom is -0.299 e. The fraction of sp³-hybridized carbons (Fsp3) is 0.550. The van der Waals surface area contributed by atoms with Gasteiger partial charge in [-0.1, -0.05) is 24.4 Å². The molecule has 4 rings (SSSR count). The van der Waals surface area contributed by atoms with Crippen LogP contribution in [0.1, 0.15) is 55.7 Å². The molecule has 27 heavy (non-hydrogen) atoms. The molecule has 0 bridgehead atoms. The highest BCUT2D eigenvalue weighted by Crippen LogP contribution is 2.36. The average Bonchev–Trinajstić information content (AvgIpc) is 3.34. The van der Waals surface area contributed by atoms with E-state index in [2.05, 4.69) is 16.0 Å². The third-order valence-electron chi connectivity index (χ3n) is 5.76. The van der Waals surface area contributed by atoms with Crippen LogP contribution < -0.4 is 0 Å². The minimum atomic E-state index is -0.524. The average molecular weight is 388 g/mol. The van der Waals surface area contributed by atoms with Crippen molar-refractivity contribution in [3.63, 3.8) is 0 Å². The zero-order valence-electron chi connectivity index (χ0n) is 15.2. The second kappa shape index (κ2) is 7.95. The van der Waals surface area contributed by atoms with Crippen LogP contribution in [0.5, 0.6) is 0 Å². The van der Waals surface area contributed by atoms with Gasteiger partial charge in [-0.15, -0.1) is 0 Å². The van der Waals surface area contributed by atoms with Gasteiger partial charge in [-0.3, -0.25) is 4.90 Å². The molecule has 1 aliphatic carbocycles. The molecule has 0 atom stereocenters. The highest BCUT2D eigenvalue weighted by molar-refractivity contribution is 6.30. The molecule has 2 aromatic heterocycles. The molecule has 0 unspecified atom stereocenters. The van der Waals surface area contributed by atoms with Crippen LogP contribution in [-0.2, 0) is 6.54 Å². The molecule has 0 aromatic carbocycles. The van der Waals surface area contributed by atoms with Gasteiger partial charge in [-0.2, -0.15) is 10.4 Å². The van der Waals surface area contributed by atoms with Crippen molar-refractivity contribution >= 4 is 11.6 Å². The molecular formula is C20H23ClFN5. The summed E-state index contributed by atoms with van der Waals surface area (Å²) in [5.74, 6) is 0.678. The summed E-state index contributed by atoms with van der Waals surface area (Å²) in [5.41, 5.74) is 2.34. The maximum absolute atomic E-state index is 13.5. The number of nitriles is 1. The van der Waals surface area contributed by atoms with Crippen molar-refractivity contribution in [3.8, 4) is 11.9 Å². The number of halogens is 2. The lowest BCUT2D eigenvalue weighted by Gasteiger charge is -2.29. The molecule has 2 aromatic rings. The Labute approximate surface area is 163 Å². The monoisotopic (exact) mass is 387 g/mol. The van der Waals surface area contributed by atoms with Gasteiger partial charge in [0.1, 0.15) is 0 Å². The van der Waals surface area contributed by atoms with Crippen molar-refractivity contribution < 1.29 is 4.39 Å². The Hall–Kier alpha value is -1.97. The number of piperidine rings is 1. The van der Waals surface area contributed by atoms with E-state index in [1.165, 1.54) is 24.5 Å². The van der Waals surface area contributed by atoms with Gasteiger partial charge in [0.15, 0.2) is 11.6 Å². The van der Waals surface area contributed by atoms with Gasteiger partial charge < -0.3 is 0 Å². The maximum Gasteiger partial charge on any atom is 0.160 e. The third kappa shape index (κ3) is 3.99. The van der Waals surface area contributed by atoms with Gasteiger partial charge in [-0.05, 0) is 38.8 Å².